The molecule has 1 unspecified atom stereocenters. The summed E-state index contributed by atoms with van der Waals surface area (Å²) in [6.07, 6.45) is 2.43. The summed E-state index contributed by atoms with van der Waals surface area (Å²) in [6.45, 7) is 5.62. The number of nitrogens with zero attached hydrogens (tertiary/aromatic N) is 1. The molecule has 0 bridgehead atoms. The highest BCUT2D eigenvalue weighted by atomic mass is 32.2. The van der Waals surface area contributed by atoms with E-state index in [1.54, 1.807) is 6.26 Å². The molecule has 0 aliphatic carbocycles. The molecular weight excluding hydrogens is 276 g/mol. The van der Waals surface area contributed by atoms with Crippen molar-refractivity contribution in [1.29, 1.82) is 0 Å². The third-order valence-corrected chi connectivity index (χ3v) is 5.51. The van der Waals surface area contributed by atoms with Crippen LogP contribution >= 0.6 is 0 Å². The standard InChI is InChI=1S/C14H24N2O3S/c1-11(2)15-8-14-12(4-6-19-14)9-16(3)13-5-7-20(17,18)10-13/h4,6,11,13,15H,5,7-10H2,1-3H3. The number of nitrogens with one attached hydrogen (secondary N) is 1. The molecule has 114 valence electrons. The zero-order valence-electron chi connectivity index (χ0n) is 12.4. The predicted octanol–water partition coefficient (Wildman–Crippen LogP) is 1.40. The van der Waals surface area contributed by atoms with Gasteiger partial charge in [0, 0.05) is 24.2 Å². The van der Waals surface area contributed by atoms with Crippen molar-refractivity contribution in [2.24, 2.45) is 0 Å². The minimum Gasteiger partial charge on any atom is -0.468 e. The molecule has 1 aromatic heterocycles. The van der Waals surface area contributed by atoms with E-state index in [1.165, 1.54) is 0 Å². The largest absolute Gasteiger partial charge is 0.468 e. The van der Waals surface area contributed by atoms with Crippen LogP contribution in [0.15, 0.2) is 16.7 Å². The van der Waals surface area contributed by atoms with Gasteiger partial charge in [0.25, 0.3) is 0 Å². The van der Waals surface area contributed by atoms with Gasteiger partial charge in [0.1, 0.15) is 5.76 Å². The van der Waals surface area contributed by atoms with Gasteiger partial charge in [-0.1, -0.05) is 13.8 Å². The van der Waals surface area contributed by atoms with E-state index < -0.39 is 9.84 Å². The lowest BCUT2D eigenvalue weighted by atomic mass is 10.2. The molecule has 1 atom stereocenters. The number of furan rings is 1. The Morgan fingerprint density at radius 1 is 1.50 bits per heavy atom. The Morgan fingerprint density at radius 3 is 2.85 bits per heavy atom. The summed E-state index contributed by atoms with van der Waals surface area (Å²) in [5, 5.41) is 3.34. The van der Waals surface area contributed by atoms with Crippen molar-refractivity contribution in [3.05, 3.63) is 23.7 Å². The lowest BCUT2D eigenvalue weighted by molar-refractivity contribution is 0.251. The molecule has 1 aliphatic rings. The maximum absolute atomic E-state index is 11.5. The van der Waals surface area contributed by atoms with Gasteiger partial charge in [0.05, 0.1) is 24.3 Å². The van der Waals surface area contributed by atoms with Crippen molar-refractivity contribution in [3.63, 3.8) is 0 Å². The molecular formula is C14H24N2O3S. The van der Waals surface area contributed by atoms with E-state index in [2.05, 4.69) is 24.1 Å². The quantitative estimate of drug-likeness (QED) is 0.860. The zero-order valence-corrected chi connectivity index (χ0v) is 13.2. The Bertz CT molecular complexity index is 536. The molecule has 0 radical (unpaired) electrons. The Labute approximate surface area is 121 Å². The highest BCUT2D eigenvalue weighted by Crippen LogP contribution is 2.20. The van der Waals surface area contributed by atoms with Crippen LogP contribution in [0.1, 0.15) is 31.6 Å². The van der Waals surface area contributed by atoms with Crippen LogP contribution in [-0.4, -0.2) is 44.0 Å². The molecule has 2 heterocycles. The lowest BCUT2D eigenvalue weighted by Crippen LogP contribution is -2.32. The normalized spacial score (nSPS) is 21.9. The van der Waals surface area contributed by atoms with Gasteiger partial charge in [0.2, 0.25) is 0 Å². The van der Waals surface area contributed by atoms with Gasteiger partial charge in [0.15, 0.2) is 9.84 Å². The molecule has 1 aromatic rings. The molecule has 6 heteroatoms. The smallest absolute Gasteiger partial charge is 0.151 e. The topological polar surface area (TPSA) is 62.6 Å². The molecule has 0 amide bonds. The second-order valence-corrected chi connectivity index (χ2v) is 8.11. The first kappa shape index (κ1) is 15.5. The van der Waals surface area contributed by atoms with Crippen LogP contribution in [0.5, 0.6) is 0 Å². The Kier molecular flexibility index (Phi) is 4.88. The molecule has 1 fully saturated rings. The first-order valence-electron chi connectivity index (χ1n) is 7.06. The molecule has 5 nitrogen and oxygen atoms in total. The van der Waals surface area contributed by atoms with Crippen molar-refractivity contribution >= 4 is 9.84 Å². The first-order chi connectivity index (χ1) is 9.37. The van der Waals surface area contributed by atoms with Crippen molar-refractivity contribution in [2.45, 2.75) is 45.4 Å². The van der Waals surface area contributed by atoms with Crippen LogP contribution in [0.25, 0.3) is 0 Å². The molecule has 20 heavy (non-hydrogen) atoms. The number of hydrogen-bond donors (Lipinski definition) is 1. The fraction of sp³-hybridized carbons (Fsp3) is 0.714. The lowest BCUT2D eigenvalue weighted by Gasteiger charge is -2.23. The molecule has 1 aliphatic heterocycles. The SMILES string of the molecule is CC(C)NCc1occc1CN(C)C1CCS(=O)(=O)C1. The molecule has 1 saturated heterocycles. The van der Waals surface area contributed by atoms with Gasteiger partial charge in [-0.15, -0.1) is 0 Å². The highest BCUT2D eigenvalue weighted by Gasteiger charge is 2.30. The van der Waals surface area contributed by atoms with Crippen LogP contribution in [0.2, 0.25) is 0 Å². The third kappa shape index (κ3) is 4.07. The zero-order chi connectivity index (χ0) is 14.8. The summed E-state index contributed by atoms with van der Waals surface area (Å²) in [5.74, 6) is 1.53. The first-order valence-corrected chi connectivity index (χ1v) is 8.89. The highest BCUT2D eigenvalue weighted by molar-refractivity contribution is 7.91. The summed E-state index contributed by atoms with van der Waals surface area (Å²) in [5.41, 5.74) is 1.13. The molecule has 2 rings (SSSR count). The average Bonchev–Trinajstić information content (AvgIpc) is 2.93. The van der Waals surface area contributed by atoms with E-state index in [9.17, 15) is 8.42 Å². The number of rotatable bonds is 6. The van der Waals surface area contributed by atoms with E-state index in [1.807, 2.05) is 13.1 Å². The van der Waals surface area contributed by atoms with Gasteiger partial charge in [-0.05, 0) is 19.5 Å². The summed E-state index contributed by atoms with van der Waals surface area (Å²) < 4.78 is 28.6. The summed E-state index contributed by atoms with van der Waals surface area (Å²) in [6, 6.07) is 2.50. The fourth-order valence-electron chi connectivity index (χ4n) is 2.48. The summed E-state index contributed by atoms with van der Waals surface area (Å²) in [7, 11) is -0.844. The van der Waals surface area contributed by atoms with Crippen molar-refractivity contribution in [1.82, 2.24) is 10.2 Å². The third-order valence-electron chi connectivity index (χ3n) is 3.76. The van der Waals surface area contributed by atoms with Crippen molar-refractivity contribution in [3.8, 4) is 0 Å². The van der Waals surface area contributed by atoms with Crippen molar-refractivity contribution in [2.75, 3.05) is 18.6 Å². The van der Waals surface area contributed by atoms with E-state index >= 15 is 0 Å². The summed E-state index contributed by atoms with van der Waals surface area (Å²) in [4.78, 5) is 2.12. The van der Waals surface area contributed by atoms with E-state index in [-0.39, 0.29) is 11.8 Å². The van der Waals surface area contributed by atoms with Crippen LogP contribution < -0.4 is 5.32 Å². The molecule has 0 saturated carbocycles. The average molecular weight is 300 g/mol. The second kappa shape index (κ2) is 6.28. The van der Waals surface area contributed by atoms with Crippen molar-refractivity contribution < 1.29 is 12.8 Å². The van der Waals surface area contributed by atoms with Gasteiger partial charge in [-0.2, -0.15) is 0 Å². The Morgan fingerprint density at radius 2 is 2.25 bits per heavy atom. The van der Waals surface area contributed by atoms with Crippen LogP contribution in [-0.2, 0) is 22.9 Å². The van der Waals surface area contributed by atoms with Crippen LogP contribution in [0.3, 0.4) is 0 Å². The molecule has 0 aromatic carbocycles. The second-order valence-electron chi connectivity index (χ2n) is 5.88. The minimum atomic E-state index is -2.83. The number of hydrogen-bond acceptors (Lipinski definition) is 5. The van der Waals surface area contributed by atoms with Gasteiger partial charge in [-0.3, -0.25) is 4.90 Å². The van der Waals surface area contributed by atoms with Crippen LogP contribution in [0, 0.1) is 0 Å². The molecule has 1 N–H and O–H groups in total. The minimum absolute atomic E-state index is 0.126. The van der Waals surface area contributed by atoms with Gasteiger partial charge < -0.3 is 9.73 Å². The van der Waals surface area contributed by atoms with E-state index in [0.717, 1.165) is 24.3 Å². The summed E-state index contributed by atoms with van der Waals surface area (Å²) >= 11 is 0. The van der Waals surface area contributed by atoms with Crippen LogP contribution in [0.4, 0.5) is 0 Å². The van der Waals surface area contributed by atoms with Gasteiger partial charge in [-0.25, -0.2) is 8.42 Å². The Hall–Kier alpha value is -0.850. The number of sulfone groups is 1. The predicted molar refractivity (Wildman–Crippen MR) is 79.2 cm³/mol. The van der Waals surface area contributed by atoms with E-state index in [0.29, 0.717) is 18.3 Å². The maximum atomic E-state index is 11.5. The monoisotopic (exact) mass is 300 g/mol. The maximum Gasteiger partial charge on any atom is 0.151 e. The fourth-order valence-corrected chi connectivity index (χ4v) is 4.29. The Balaban J connectivity index is 1.95. The molecule has 0 spiro atoms. The van der Waals surface area contributed by atoms with Gasteiger partial charge >= 0.3 is 0 Å². The van der Waals surface area contributed by atoms with E-state index in [4.69, 9.17) is 4.42 Å².